The monoisotopic (exact) mass is 619 g/mol. The zero-order valence-corrected chi connectivity index (χ0v) is 25.5. The Morgan fingerprint density at radius 2 is 1.74 bits per heavy atom. The van der Waals surface area contributed by atoms with Crippen LogP contribution in [0.1, 0.15) is 15.9 Å². The average Bonchev–Trinajstić information content (AvgIpc) is 3.44. The molecule has 6 aromatic rings. The first-order valence-electron chi connectivity index (χ1n) is 14.6. The number of anilines is 3. The number of pyridine rings is 1. The molecule has 0 saturated heterocycles. The second-order valence-corrected chi connectivity index (χ2v) is 10.9. The van der Waals surface area contributed by atoms with E-state index in [0.29, 0.717) is 40.8 Å². The molecule has 0 atom stereocenters. The number of para-hydroxylation sites is 1. The summed E-state index contributed by atoms with van der Waals surface area (Å²) in [7, 11) is 3.99. The predicted molar refractivity (Wildman–Crippen MR) is 174 cm³/mol. The summed E-state index contributed by atoms with van der Waals surface area (Å²) in [5, 5.41) is 5.67. The van der Waals surface area contributed by atoms with Crippen molar-refractivity contribution in [3.05, 3.63) is 120 Å². The van der Waals surface area contributed by atoms with Gasteiger partial charge in [-0.2, -0.15) is 0 Å². The number of ether oxygens (including phenoxy) is 1. The van der Waals surface area contributed by atoms with Gasteiger partial charge in [-0.05, 0) is 75.1 Å². The van der Waals surface area contributed by atoms with E-state index in [-0.39, 0.29) is 5.56 Å². The van der Waals surface area contributed by atoms with E-state index in [1.807, 2.05) is 74.1 Å². The zero-order chi connectivity index (χ0) is 32.2. The standard InChI is InChI=1S/C35H31F2N7O2/c1-22-13-14-25(46-19-18-43(2)3)21-29(22)40-35-38-16-15-28(39-35)33-31(41-30-12-4-5-17-44(30)33)23-8-6-9-24(20-23)34(45)42-32-26(36)10-7-11-27(32)37/h4-17,20-21H,18-19H2,1-3H3,(H,42,45)(H,38,39,40). The number of aryl methyl sites for hydroxylation is 1. The summed E-state index contributed by atoms with van der Waals surface area (Å²) in [6.45, 7) is 3.34. The van der Waals surface area contributed by atoms with Crippen molar-refractivity contribution in [2.75, 3.05) is 37.9 Å². The molecule has 1 amide bonds. The maximum atomic E-state index is 14.2. The Kier molecular flexibility index (Phi) is 8.66. The molecule has 0 bridgehead atoms. The van der Waals surface area contributed by atoms with Gasteiger partial charge in [0.15, 0.2) is 0 Å². The van der Waals surface area contributed by atoms with Gasteiger partial charge in [0.25, 0.3) is 5.91 Å². The minimum Gasteiger partial charge on any atom is -0.492 e. The second kappa shape index (κ2) is 13.1. The number of hydrogen-bond donors (Lipinski definition) is 2. The van der Waals surface area contributed by atoms with Gasteiger partial charge in [-0.15, -0.1) is 0 Å². The van der Waals surface area contributed by atoms with Crippen LogP contribution in [-0.4, -0.2) is 57.4 Å². The van der Waals surface area contributed by atoms with Crippen LogP contribution in [0.2, 0.25) is 0 Å². The molecule has 9 nitrogen and oxygen atoms in total. The molecule has 11 heteroatoms. The van der Waals surface area contributed by atoms with Crippen LogP contribution < -0.4 is 15.4 Å². The van der Waals surface area contributed by atoms with Crippen LogP contribution in [-0.2, 0) is 0 Å². The van der Waals surface area contributed by atoms with Gasteiger partial charge in [0.1, 0.15) is 35.3 Å². The minimum absolute atomic E-state index is 0.205. The molecule has 232 valence electrons. The number of amides is 1. The Morgan fingerprint density at radius 3 is 2.54 bits per heavy atom. The van der Waals surface area contributed by atoms with Gasteiger partial charge in [0, 0.05) is 41.8 Å². The molecule has 46 heavy (non-hydrogen) atoms. The molecule has 3 aromatic heterocycles. The minimum atomic E-state index is -0.862. The van der Waals surface area contributed by atoms with Crippen LogP contribution in [0.4, 0.5) is 26.1 Å². The molecule has 0 radical (unpaired) electrons. The Morgan fingerprint density at radius 1 is 0.935 bits per heavy atom. The molecular weight excluding hydrogens is 588 g/mol. The maximum Gasteiger partial charge on any atom is 0.255 e. The third-order valence-corrected chi connectivity index (χ3v) is 7.29. The summed E-state index contributed by atoms with van der Waals surface area (Å²) < 4.78 is 36.3. The summed E-state index contributed by atoms with van der Waals surface area (Å²) >= 11 is 0. The fourth-order valence-corrected chi connectivity index (χ4v) is 4.90. The van der Waals surface area contributed by atoms with Crippen molar-refractivity contribution in [2.24, 2.45) is 0 Å². The van der Waals surface area contributed by atoms with Crippen molar-refractivity contribution in [1.29, 1.82) is 0 Å². The molecule has 0 aliphatic heterocycles. The number of carbonyl (C=O) groups excluding carboxylic acids is 1. The van der Waals surface area contributed by atoms with Crippen LogP contribution in [0.25, 0.3) is 28.3 Å². The average molecular weight is 620 g/mol. The Hall–Kier alpha value is -5.68. The number of likely N-dealkylation sites (N-methyl/N-ethyl adjacent to an activating group) is 1. The first-order valence-corrected chi connectivity index (χ1v) is 14.6. The molecule has 6 rings (SSSR count). The highest BCUT2D eigenvalue weighted by molar-refractivity contribution is 6.05. The summed E-state index contributed by atoms with van der Waals surface area (Å²) in [5.41, 5.74) is 4.62. The molecular formula is C35H31F2N7O2. The van der Waals surface area contributed by atoms with Gasteiger partial charge >= 0.3 is 0 Å². The quantitative estimate of drug-likeness (QED) is 0.171. The number of benzene rings is 3. The smallest absolute Gasteiger partial charge is 0.255 e. The first-order chi connectivity index (χ1) is 22.3. The van der Waals surface area contributed by atoms with Crippen molar-refractivity contribution in [3.63, 3.8) is 0 Å². The van der Waals surface area contributed by atoms with Crippen molar-refractivity contribution >= 4 is 28.9 Å². The molecule has 0 fully saturated rings. The molecule has 2 N–H and O–H groups in total. The van der Waals surface area contributed by atoms with E-state index < -0.39 is 23.2 Å². The fraction of sp³-hybridized carbons (Fsp3) is 0.143. The van der Waals surface area contributed by atoms with Crippen LogP contribution >= 0.6 is 0 Å². The van der Waals surface area contributed by atoms with E-state index in [2.05, 4.69) is 20.5 Å². The first kappa shape index (κ1) is 30.4. The van der Waals surface area contributed by atoms with Gasteiger partial charge in [-0.3, -0.25) is 9.20 Å². The highest BCUT2D eigenvalue weighted by Gasteiger charge is 2.20. The zero-order valence-electron chi connectivity index (χ0n) is 25.5. The molecule has 0 aliphatic carbocycles. The lowest BCUT2D eigenvalue weighted by Gasteiger charge is -2.14. The molecule has 0 spiro atoms. The molecule has 0 saturated carbocycles. The summed E-state index contributed by atoms with van der Waals surface area (Å²) in [5.74, 6) is -1.27. The number of halogens is 2. The molecule has 3 aromatic carbocycles. The highest BCUT2D eigenvalue weighted by Crippen LogP contribution is 2.33. The van der Waals surface area contributed by atoms with E-state index in [1.165, 1.54) is 6.07 Å². The van der Waals surface area contributed by atoms with Crippen molar-refractivity contribution in [1.82, 2.24) is 24.3 Å². The van der Waals surface area contributed by atoms with Gasteiger partial charge in [-0.25, -0.2) is 23.7 Å². The van der Waals surface area contributed by atoms with E-state index in [9.17, 15) is 13.6 Å². The molecule has 0 aliphatic rings. The number of nitrogens with zero attached hydrogens (tertiary/aromatic N) is 5. The van der Waals surface area contributed by atoms with Gasteiger partial charge < -0.3 is 20.3 Å². The van der Waals surface area contributed by atoms with E-state index in [1.54, 1.807) is 30.5 Å². The topological polar surface area (TPSA) is 96.7 Å². The summed E-state index contributed by atoms with van der Waals surface area (Å²) in [4.78, 5) is 29.3. The van der Waals surface area contributed by atoms with Crippen LogP contribution in [0.15, 0.2) is 97.3 Å². The third-order valence-electron chi connectivity index (χ3n) is 7.29. The highest BCUT2D eigenvalue weighted by atomic mass is 19.1. The number of hydrogen-bond acceptors (Lipinski definition) is 7. The number of aromatic nitrogens is 4. The fourth-order valence-electron chi connectivity index (χ4n) is 4.90. The molecule has 3 heterocycles. The van der Waals surface area contributed by atoms with E-state index in [0.717, 1.165) is 35.7 Å². The van der Waals surface area contributed by atoms with Crippen molar-refractivity contribution in [3.8, 4) is 28.4 Å². The Labute approximate surface area is 264 Å². The number of fused-ring (bicyclic) bond motifs is 1. The maximum absolute atomic E-state index is 14.2. The lowest BCUT2D eigenvalue weighted by molar-refractivity contribution is 0.102. The van der Waals surface area contributed by atoms with Gasteiger partial charge in [0.05, 0.1) is 17.1 Å². The number of rotatable bonds is 10. The van der Waals surface area contributed by atoms with Crippen molar-refractivity contribution in [2.45, 2.75) is 6.92 Å². The van der Waals surface area contributed by atoms with Gasteiger partial charge in [0.2, 0.25) is 5.95 Å². The van der Waals surface area contributed by atoms with E-state index in [4.69, 9.17) is 14.7 Å². The lowest BCUT2D eigenvalue weighted by atomic mass is 10.0. The van der Waals surface area contributed by atoms with Crippen LogP contribution in [0.5, 0.6) is 5.75 Å². The normalized spacial score (nSPS) is 11.2. The molecule has 0 unspecified atom stereocenters. The Balaban J connectivity index is 1.34. The lowest BCUT2D eigenvalue weighted by Crippen LogP contribution is -2.19. The number of carbonyl (C=O) groups is 1. The number of imidazole rings is 1. The number of nitrogens with one attached hydrogen (secondary N) is 2. The Bertz CT molecular complexity index is 2020. The largest absolute Gasteiger partial charge is 0.492 e. The summed E-state index contributed by atoms with van der Waals surface area (Å²) in [6, 6.07) is 23.4. The van der Waals surface area contributed by atoms with Crippen LogP contribution in [0, 0.1) is 18.6 Å². The second-order valence-electron chi connectivity index (χ2n) is 10.9. The predicted octanol–water partition coefficient (Wildman–Crippen LogP) is 6.98. The summed E-state index contributed by atoms with van der Waals surface area (Å²) in [6.07, 6.45) is 3.54. The SMILES string of the molecule is Cc1ccc(OCCN(C)C)cc1Nc1nccc(-c2c(-c3cccc(C(=O)Nc4c(F)cccc4F)c3)nc3ccccn23)n1. The van der Waals surface area contributed by atoms with Crippen LogP contribution in [0.3, 0.4) is 0 Å². The van der Waals surface area contributed by atoms with Gasteiger partial charge in [-0.1, -0.05) is 30.3 Å². The third kappa shape index (κ3) is 6.54. The van der Waals surface area contributed by atoms with E-state index >= 15 is 0 Å². The van der Waals surface area contributed by atoms with Crippen molar-refractivity contribution < 1.29 is 18.3 Å².